The van der Waals surface area contributed by atoms with Crippen molar-refractivity contribution in [1.82, 2.24) is 9.78 Å². The van der Waals surface area contributed by atoms with Crippen molar-refractivity contribution >= 4 is 27.3 Å². The van der Waals surface area contributed by atoms with Crippen LogP contribution in [-0.2, 0) is 22.7 Å². The maximum Gasteiger partial charge on any atom is 0.269 e. The normalized spacial score (nSPS) is 12.5. The molecule has 3 aromatic carbocycles. The zero-order valence-electron chi connectivity index (χ0n) is 18.9. The van der Waals surface area contributed by atoms with Crippen LogP contribution in [0, 0.1) is 0 Å². The lowest BCUT2D eigenvalue weighted by Crippen LogP contribution is -2.15. The summed E-state index contributed by atoms with van der Waals surface area (Å²) in [5, 5.41) is 7.42. The molecule has 176 valence electrons. The summed E-state index contributed by atoms with van der Waals surface area (Å²) >= 11 is 0. The van der Waals surface area contributed by atoms with Crippen LogP contribution in [0.1, 0.15) is 32.0 Å². The third-order valence-corrected chi connectivity index (χ3v) is 7.16. The molecule has 5 rings (SSSR count). The molecule has 0 fully saturated rings. The zero-order chi connectivity index (χ0) is 24.7. The predicted molar refractivity (Wildman–Crippen MR) is 132 cm³/mol. The Morgan fingerprint density at radius 2 is 1.69 bits per heavy atom. The maximum atomic E-state index is 12.7. The molecule has 1 aromatic heterocycles. The average Bonchev–Trinajstić information content (AvgIpc) is 3.25. The van der Waals surface area contributed by atoms with Gasteiger partial charge in [-0.05, 0) is 66.9 Å². The number of benzene rings is 3. The van der Waals surface area contributed by atoms with Crippen LogP contribution in [0.4, 0.5) is 5.69 Å². The Labute approximate surface area is 202 Å². The Hall–Kier alpha value is -4.24. The first-order valence-corrected chi connectivity index (χ1v) is 12.8. The summed E-state index contributed by atoms with van der Waals surface area (Å²) in [4.78, 5) is 25.1. The fourth-order valence-corrected chi connectivity index (χ4v) is 4.96. The molecule has 2 amide bonds. The van der Waals surface area contributed by atoms with Crippen LogP contribution in [0.15, 0.2) is 77.7 Å². The highest BCUT2D eigenvalue weighted by Gasteiger charge is 2.28. The van der Waals surface area contributed by atoms with E-state index in [4.69, 9.17) is 5.73 Å². The number of aromatic nitrogens is 2. The molecular weight excluding hydrogens is 464 g/mol. The van der Waals surface area contributed by atoms with E-state index in [-0.39, 0.29) is 16.5 Å². The number of fused-ring (bicyclic) bond motifs is 3. The number of carbonyl (C=O) groups excluding carboxylic acids is 2. The maximum absolute atomic E-state index is 12.7. The van der Waals surface area contributed by atoms with Gasteiger partial charge in [-0.2, -0.15) is 5.10 Å². The Bertz CT molecular complexity index is 1570. The minimum Gasteiger partial charge on any atom is -0.364 e. The summed E-state index contributed by atoms with van der Waals surface area (Å²) in [5.74, 6) is -0.867. The van der Waals surface area contributed by atoms with Gasteiger partial charge < -0.3 is 11.1 Å². The fraction of sp³-hybridized carbons (Fsp3) is 0.115. The smallest absolute Gasteiger partial charge is 0.269 e. The molecule has 1 heterocycles. The molecule has 0 radical (unpaired) electrons. The van der Waals surface area contributed by atoms with Crippen molar-refractivity contribution in [3.63, 3.8) is 0 Å². The number of primary amides is 1. The molecule has 0 atom stereocenters. The Kier molecular flexibility index (Phi) is 5.49. The summed E-state index contributed by atoms with van der Waals surface area (Å²) in [6.07, 6.45) is 2.41. The van der Waals surface area contributed by atoms with Gasteiger partial charge in [-0.3, -0.25) is 9.59 Å². The van der Waals surface area contributed by atoms with E-state index in [2.05, 4.69) is 10.4 Å². The van der Waals surface area contributed by atoms with Gasteiger partial charge in [-0.15, -0.1) is 0 Å². The number of amides is 2. The molecule has 0 unspecified atom stereocenters. The summed E-state index contributed by atoms with van der Waals surface area (Å²) in [7, 11) is -3.36. The zero-order valence-corrected chi connectivity index (χ0v) is 19.7. The monoisotopic (exact) mass is 486 g/mol. The van der Waals surface area contributed by atoms with Crippen LogP contribution in [0.25, 0.3) is 16.9 Å². The first-order valence-electron chi connectivity index (χ1n) is 10.9. The van der Waals surface area contributed by atoms with E-state index >= 15 is 0 Å². The summed E-state index contributed by atoms with van der Waals surface area (Å²) in [6.45, 7) is 0. The molecule has 0 spiro atoms. The van der Waals surface area contributed by atoms with E-state index in [1.54, 1.807) is 41.1 Å². The number of nitrogens with zero attached hydrogens (tertiary/aromatic N) is 2. The number of carbonyl (C=O) groups is 2. The first kappa shape index (κ1) is 22.5. The third kappa shape index (κ3) is 4.22. The van der Waals surface area contributed by atoms with E-state index in [1.807, 2.05) is 24.3 Å². The highest BCUT2D eigenvalue weighted by Crippen LogP contribution is 2.38. The third-order valence-electron chi connectivity index (χ3n) is 6.03. The number of aryl methyl sites for hydroxylation is 1. The number of anilines is 1. The van der Waals surface area contributed by atoms with Gasteiger partial charge in [-0.1, -0.05) is 24.3 Å². The minimum absolute atomic E-state index is 0.177. The first-order chi connectivity index (χ1) is 16.7. The van der Waals surface area contributed by atoms with Gasteiger partial charge in [0.15, 0.2) is 15.5 Å². The van der Waals surface area contributed by atoms with E-state index in [9.17, 15) is 18.0 Å². The topological polar surface area (TPSA) is 124 Å². The van der Waals surface area contributed by atoms with E-state index < -0.39 is 15.7 Å². The van der Waals surface area contributed by atoms with Crippen molar-refractivity contribution < 1.29 is 18.0 Å². The lowest BCUT2D eigenvalue weighted by Gasteiger charge is -2.20. The van der Waals surface area contributed by atoms with Crippen molar-refractivity contribution in [3.05, 3.63) is 95.2 Å². The Morgan fingerprint density at radius 3 is 2.34 bits per heavy atom. The molecule has 1 aliphatic rings. The minimum atomic E-state index is -3.36. The van der Waals surface area contributed by atoms with Crippen LogP contribution in [0.3, 0.4) is 0 Å². The molecule has 0 aliphatic heterocycles. The van der Waals surface area contributed by atoms with Crippen molar-refractivity contribution in [1.29, 1.82) is 0 Å². The van der Waals surface area contributed by atoms with Gasteiger partial charge in [0.05, 0.1) is 16.3 Å². The van der Waals surface area contributed by atoms with Gasteiger partial charge in [-0.25, -0.2) is 13.1 Å². The molecule has 0 saturated heterocycles. The number of nitrogens with two attached hydrogens (primary N) is 1. The number of rotatable bonds is 5. The van der Waals surface area contributed by atoms with Gasteiger partial charge in [0.2, 0.25) is 0 Å². The molecular formula is C26H22N4O4S. The van der Waals surface area contributed by atoms with Gasteiger partial charge in [0, 0.05) is 28.6 Å². The van der Waals surface area contributed by atoms with Crippen LogP contribution in [0.5, 0.6) is 0 Å². The largest absolute Gasteiger partial charge is 0.364 e. The second-order valence-corrected chi connectivity index (χ2v) is 10.4. The lowest BCUT2D eigenvalue weighted by atomic mass is 9.88. The van der Waals surface area contributed by atoms with Crippen molar-refractivity contribution in [2.75, 3.05) is 11.6 Å². The molecule has 0 bridgehead atoms. The molecule has 9 heteroatoms. The molecule has 3 N–H and O–H groups in total. The predicted octanol–water partition coefficient (Wildman–Crippen LogP) is 3.39. The van der Waals surface area contributed by atoms with Gasteiger partial charge in [0.25, 0.3) is 11.8 Å². The highest BCUT2D eigenvalue weighted by atomic mass is 32.2. The van der Waals surface area contributed by atoms with Crippen LogP contribution < -0.4 is 11.1 Å². The Balaban J connectivity index is 1.61. The number of hydrogen-bond acceptors (Lipinski definition) is 5. The SMILES string of the molecule is CS(=O)(=O)c1ccc(-n2nc(C(N)=O)c3c2-c2cc(NC(=O)c4ccccc4)ccc2CC3)cc1. The van der Waals surface area contributed by atoms with E-state index in [0.29, 0.717) is 35.5 Å². The van der Waals surface area contributed by atoms with Crippen molar-refractivity contribution in [2.45, 2.75) is 17.7 Å². The number of nitrogens with one attached hydrogen (secondary N) is 1. The van der Waals surface area contributed by atoms with Crippen molar-refractivity contribution in [3.8, 4) is 16.9 Å². The lowest BCUT2D eigenvalue weighted by molar-refractivity contribution is 0.0992. The average molecular weight is 487 g/mol. The standard InChI is InChI=1S/C26H22N4O4S/c1-35(33,34)20-12-10-19(11-13-20)30-24-21(23(29-30)25(27)31)14-8-16-7-9-18(15-22(16)24)28-26(32)17-5-3-2-4-6-17/h2-7,9-13,15H,8,14H2,1H3,(H2,27,31)(H,28,32). The van der Waals surface area contributed by atoms with Gasteiger partial charge >= 0.3 is 0 Å². The summed E-state index contributed by atoms with van der Waals surface area (Å²) < 4.78 is 25.4. The summed E-state index contributed by atoms with van der Waals surface area (Å²) in [6, 6.07) is 20.9. The molecule has 0 saturated carbocycles. The van der Waals surface area contributed by atoms with Crippen LogP contribution in [0.2, 0.25) is 0 Å². The fourth-order valence-electron chi connectivity index (χ4n) is 4.33. The number of sulfone groups is 1. The van der Waals surface area contributed by atoms with Crippen molar-refractivity contribution in [2.24, 2.45) is 5.73 Å². The second kappa shape index (κ2) is 8.52. The molecule has 8 nitrogen and oxygen atoms in total. The molecule has 4 aromatic rings. The number of hydrogen-bond donors (Lipinski definition) is 2. The van der Waals surface area contributed by atoms with E-state index in [1.165, 1.54) is 12.1 Å². The van der Waals surface area contributed by atoms with Crippen LogP contribution >= 0.6 is 0 Å². The van der Waals surface area contributed by atoms with Crippen LogP contribution in [-0.4, -0.2) is 36.3 Å². The quantitative estimate of drug-likeness (QED) is 0.447. The highest BCUT2D eigenvalue weighted by molar-refractivity contribution is 7.90. The second-order valence-electron chi connectivity index (χ2n) is 8.41. The molecule has 35 heavy (non-hydrogen) atoms. The Morgan fingerprint density at radius 1 is 0.971 bits per heavy atom. The summed E-state index contributed by atoms with van der Waals surface area (Å²) in [5.41, 5.74) is 10.8. The van der Waals surface area contributed by atoms with Gasteiger partial charge in [0.1, 0.15) is 0 Å². The molecule has 1 aliphatic carbocycles. The van der Waals surface area contributed by atoms with E-state index in [0.717, 1.165) is 22.9 Å².